The average molecular weight is 1060 g/mol. The zero-order valence-corrected chi connectivity index (χ0v) is 42.5. The van der Waals surface area contributed by atoms with Gasteiger partial charge in [-0.05, 0) is 90.8 Å². The quantitative estimate of drug-likeness (QED) is 0.0130. The number of likely N-dealkylation sites (tertiary alicyclic amines) is 1. The maximum Gasteiger partial charge on any atom is 0.269 e. The highest BCUT2D eigenvalue weighted by Gasteiger charge is 2.38. The minimum Gasteiger partial charge on any atom is -0.391 e. The van der Waals surface area contributed by atoms with Crippen molar-refractivity contribution in [3.8, 4) is 0 Å². The zero-order valence-electron chi connectivity index (χ0n) is 42.5. The van der Waals surface area contributed by atoms with E-state index < -0.39 is 115 Å². The Balaban J connectivity index is 2.37. The van der Waals surface area contributed by atoms with Crippen LogP contribution in [0.5, 0.6) is 0 Å². The van der Waals surface area contributed by atoms with E-state index in [0.717, 1.165) is 0 Å². The molecule has 0 saturated carbocycles. The lowest BCUT2D eigenvalue weighted by atomic mass is 10.1. The summed E-state index contributed by atoms with van der Waals surface area (Å²) < 4.78 is 0. The fourth-order valence-electron chi connectivity index (χ4n) is 7.32. The normalized spacial score (nSPS) is 16.0. The van der Waals surface area contributed by atoms with E-state index in [4.69, 9.17) is 40.1 Å². The number of hydrogen-bond acceptors (Lipinski definition) is 18. The molecule has 1 saturated heterocycles. The van der Waals surface area contributed by atoms with Crippen LogP contribution in [-0.4, -0.2) is 191 Å². The number of nitrogens with one attached hydrogen (secondary N) is 8. The number of amides is 9. The number of hydrogen-bond donors (Lipinski definition) is 17. The van der Waals surface area contributed by atoms with Crippen molar-refractivity contribution in [1.82, 2.24) is 52.1 Å². The molecule has 0 radical (unpaired) electrons. The van der Waals surface area contributed by atoms with Gasteiger partial charge in [0.25, 0.3) is 17.7 Å². The van der Waals surface area contributed by atoms with Crippen LogP contribution in [0.1, 0.15) is 83.2 Å². The highest BCUT2D eigenvalue weighted by molar-refractivity contribution is 6.40. The predicted octanol–water partition coefficient (Wildman–Crippen LogP) is -7.60. The summed E-state index contributed by atoms with van der Waals surface area (Å²) in [5.41, 5.74) is 38.6. The third kappa shape index (κ3) is 23.9. The van der Waals surface area contributed by atoms with E-state index in [9.17, 15) is 53.4 Å². The molecule has 30 heteroatoms. The second kappa shape index (κ2) is 35.3. The monoisotopic (exact) mass is 1060 g/mol. The van der Waals surface area contributed by atoms with Crippen molar-refractivity contribution >= 4 is 64.8 Å². The Hall–Kier alpha value is -6.96. The number of unbranched alkanes of at least 4 members (excludes halogenated alkanes) is 2. The maximum absolute atomic E-state index is 14.3. The number of imidazole rings is 1. The summed E-state index contributed by atoms with van der Waals surface area (Å²) in [5, 5.41) is 37.8. The van der Waals surface area contributed by atoms with Crippen LogP contribution in [0.15, 0.2) is 34.3 Å². The number of carbonyl (C=O) groups is 9. The average Bonchev–Trinajstić information content (AvgIpc) is 4.10. The molecule has 9 amide bonds. The first-order valence-corrected chi connectivity index (χ1v) is 24.9. The highest BCUT2D eigenvalue weighted by Crippen LogP contribution is 2.20. The van der Waals surface area contributed by atoms with Crippen molar-refractivity contribution in [2.24, 2.45) is 50.1 Å². The van der Waals surface area contributed by atoms with Gasteiger partial charge in [-0.15, -0.1) is 0 Å². The molecule has 1 aliphatic rings. The molecule has 0 spiro atoms. The molecule has 2 heterocycles. The molecule has 420 valence electrons. The first kappa shape index (κ1) is 64.2. The van der Waals surface area contributed by atoms with E-state index in [1.54, 1.807) is 0 Å². The molecule has 1 fully saturated rings. The van der Waals surface area contributed by atoms with Gasteiger partial charge in [-0.3, -0.25) is 48.1 Å². The number of H-pyrrole nitrogens is 1. The lowest BCUT2D eigenvalue weighted by Gasteiger charge is -2.28. The third-order valence-electron chi connectivity index (χ3n) is 11.4. The molecule has 0 aromatic carbocycles. The molecule has 0 aliphatic carbocycles. The molecule has 1 aromatic heterocycles. The fraction of sp³-hybridized carbons (Fsp3) is 0.644. The van der Waals surface area contributed by atoms with Crippen molar-refractivity contribution in [2.45, 2.75) is 126 Å². The topological polar surface area (TPSA) is 517 Å². The van der Waals surface area contributed by atoms with Crippen LogP contribution in [0, 0.1) is 0 Å². The van der Waals surface area contributed by atoms with Crippen LogP contribution in [0.4, 0.5) is 0 Å². The molecule has 0 unspecified atom stereocenters. The molecule has 7 atom stereocenters. The summed E-state index contributed by atoms with van der Waals surface area (Å²) >= 11 is 0. The number of aliphatic hydroxyl groups excluding tert-OH is 2. The van der Waals surface area contributed by atoms with Gasteiger partial charge in [0, 0.05) is 51.0 Å². The number of carbonyl (C=O) groups excluding carboxylic acids is 9. The number of nitrogens with zero attached hydrogens (tertiary/aromatic N) is 4. The number of aromatic nitrogens is 2. The summed E-state index contributed by atoms with van der Waals surface area (Å²) in [6.07, 6.45) is 3.48. The van der Waals surface area contributed by atoms with E-state index in [1.165, 1.54) is 30.4 Å². The van der Waals surface area contributed by atoms with Gasteiger partial charge >= 0.3 is 0 Å². The van der Waals surface area contributed by atoms with E-state index in [0.29, 0.717) is 50.9 Å². The lowest BCUT2D eigenvalue weighted by molar-refractivity contribution is -0.136. The zero-order chi connectivity index (χ0) is 55.9. The van der Waals surface area contributed by atoms with E-state index in [-0.39, 0.29) is 88.6 Å². The van der Waals surface area contributed by atoms with Gasteiger partial charge in [-0.25, -0.2) is 9.98 Å². The Morgan fingerprint density at radius 2 is 1.55 bits per heavy atom. The minimum atomic E-state index is -1.63. The number of aliphatic imine (C=N–C) groups is 2. The number of nitrogens with two attached hydrogens (primary N) is 7. The van der Waals surface area contributed by atoms with Crippen LogP contribution >= 0.6 is 0 Å². The molecule has 30 nitrogen and oxygen atoms in total. The molecule has 24 N–H and O–H groups in total. The van der Waals surface area contributed by atoms with Gasteiger partial charge in [0.2, 0.25) is 35.4 Å². The smallest absolute Gasteiger partial charge is 0.269 e. The highest BCUT2D eigenvalue weighted by atomic mass is 16.3. The van der Waals surface area contributed by atoms with E-state index in [1.807, 2.05) is 0 Å². The van der Waals surface area contributed by atoms with Crippen molar-refractivity contribution < 1.29 is 53.4 Å². The van der Waals surface area contributed by atoms with Crippen molar-refractivity contribution in [3.63, 3.8) is 0 Å². The van der Waals surface area contributed by atoms with Crippen molar-refractivity contribution in [2.75, 3.05) is 58.9 Å². The largest absolute Gasteiger partial charge is 0.391 e. The molecule has 1 aliphatic heterocycles. The van der Waals surface area contributed by atoms with Crippen LogP contribution in [-0.2, 0) is 49.6 Å². The Morgan fingerprint density at radius 1 is 0.840 bits per heavy atom. The Bertz CT molecular complexity index is 2120. The van der Waals surface area contributed by atoms with Crippen LogP contribution < -0.4 is 77.4 Å². The number of aliphatic hydroxyl groups is 2. The molecular weight excluding hydrogens is 983 g/mol. The third-order valence-corrected chi connectivity index (χ3v) is 11.4. The molecular formula is C45H79N19O11. The van der Waals surface area contributed by atoms with Crippen molar-refractivity contribution in [3.05, 3.63) is 30.0 Å². The SMILES string of the molecule is C[C@H](NC(=O)/C(=C/CCN=C(N)N)NC(=O)[C@H](CCCCN)NC(=O)[C@H](Cc1cnc[nH]1)NC(=O)[C@@H]1CCCN1C(=O)C(CCCN)=NC(=O)CNC(=O)[C@@H](NC(=O)C[C@@H](O)CN)[C@@H](O)CN)C(=O)NCCCCN. The summed E-state index contributed by atoms with van der Waals surface area (Å²) in [5.74, 6) is -7.55. The van der Waals surface area contributed by atoms with Gasteiger partial charge in [-0.2, -0.15) is 0 Å². The second-order valence-corrected chi connectivity index (χ2v) is 17.5. The summed E-state index contributed by atoms with van der Waals surface area (Å²) in [7, 11) is 0. The molecule has 1 aromatic rings. The van der Waals surface area contributed by atoms with Gasteiger partial charge < -0.3 is 97.5 Å². The molecule has 2 rings (SSSR count). The Labute approximate surface area is 434 Å². The summed E-state index contributed by atoms with van der Waals surface area (Å²) in [6, 6.07) is -6.50. The van der Waals surface area contributed by atoms with E-state index >= 15 is 0 Å². The Morgan fingerprint density at radius 3 is 2.19 bits per heavy atom. The Kier molecular flexibility index (Phi) is 30.2. The number of rotatable bonds is 35. The van der Waals surface area contributed by atoms with E-state index in [2.05, 4.69) is 57.2 Å². The van der Waals surface area contributed by atoms with Crippen LogP contribution in [0.2, 0.25) is 0 Å². The number of aromatic amines is 1. The van der Waals surface area contributed by atoms with Gasteiger partial charge in [0.1, 0.15) is 41.6 Å². The summed E-state index contributed by atoms with van der Waals surface area (Å²) in [6.45, 7) is 1.18. The fourth-order valence-corrected chi connectivity index (χ4v) is 7.32. The number of guanidine groups is 1. The molecule has 75 heavy (non-hydrogen) atoms. The van der Waals surface area contributed by atoms with Crippen LogP contribution in [0.25, 0.3) is 0 Å². The van der Waals surface area contributed by atoms with Gasteiger partial charge in [0.05, 0.1) is 31.5 Å². The van der Waals surface area contributed by atoms with Crippen LogP contribution in [0.3, 0.4) is 0 Å². The second-order valence-electron chi connectivity index (χ2n) is 17.5. The minimum absolute atomic E-state index is 0.0370. The predicted molar refractivity (Wildman–Crippen MR) is 275 cm³/mol. The first-order valence-electron chi connectivity index (χ1n) is 24.9. The van der Waals surface area contributed by atoms with Crippen molar-refractivity contribution in [1.29, 1.82) is 0 Å². The van der Waals surface area contributed by atoms with Gasteiger partial charge in [-0.1, -0.05) is 6.08 Å². The maximum atomic E-state index is 14.3. The lowest BCUT2D eigenvalue weighted by Crippen LogP contribution is -2.57. The molecule has 0 bridgehead atoms. The summed E-state index contributed by atoms with van der Waals surface area (Å²) in [4.78, 5) is 137. The van der Waals surface area contributed by atoms with Gasteiger partial charge in [0.15, 0.2) is 5.96 Å². The first-order chi connectivity index (χ1) is 35.8. The standard InChI is InChI=1S/C45H79N19O11/c1-26(38(69)54-16-5-4-14-47)58-39(70)30(11-7-17-55-45(51)52)60-40(71)29(9-2-3-13-46)61-41(72)32(19-27-23-53-25-57-27)62-42(73)33-12-8-18-64(33)44(75)31(10-6-15-48)59-36(68)24-56-43(74)37(34(66)22-50)63-35(67)20-28(65)21-49/h11,23,25-26,28-29,32-34,37,65-66H,2-10,12-22,24,46-50H2,1H3,(H,53,57)(H,54,69)(H,56,74)(H,58,70)(H,60,71)(H,61,72)(H,62,73)(H,63,67)(H4,51,52,55)/b30-11-,59-31?/t26-,28+,29-,32-,33-,34-,37-/m0/s1.